The molecular formula is C12H14ClN3S. The van der Waals surface area contributed by atoms with Crippen LogP contribution in [-0.2, 0) is 6.42 Å². The van der Waals surface area contributed by atoms with Crippen molar-refractivity contribution in [3.63, 3.8) is 0 Å². The van der Waals surface area contributed by atoms with Gasteiger partial charge in [-0.2, -0.15) is 16.9 Å². The largest absolute Gasteiger partial charge is 0.219 e. The summed E-state index contributed by atoms with van der Waals surface area (Å²) in [5, 5.41) is 5.15. The molecule has 0 amide bonds. The predicted molar refractivity (Wildman–Crippen MR) is 71.8 cm³/mol. The van der Waals surface area contributed by atoms with E-state index in [1.54, 1.807) is 4.52 Å². The average molecular weight is 268 g/mol. The van der Waals surface area contributed by atoms with Gasteiger partial charge >= 0.3 is 0 Å². The maximum atomic E-state index is 6.09. The summed E-state index contributed by atoms with van der Waals surface area (Å²) in [5.74, 6) is 4.19. The number of nitrogens with zero attached hydrogens (tertiary/aromatic N) is 3. The van der Waals surface area contributed by atoms with Gasteiger partial charge in [0.05, 0.1) is 5.02 Å². The van der Waals surface area contributed by atoms with E-state index in [1.165, 1.54) is 24.3 Å². The smallest absolute Gasteiger partial charge is 0.174 e. The molecule has 1 aliphatic rings. The highest BCUT2D eigenvalue weighted by molar-refractivity contribution is 7.99. The Morgan fingerprint density at radius 1 is 1.53 bits per heavy atom. The number of hydrogen-bond donors (Lipinski definition) is 0. The van der Waals surface area contributed by atoms with Gasteiger partial charge in [0.25, 0.3) is 0 Å². The summed E-state index contributed by atoms with van der Waals surface area (Å²) >= 11 is 8.13. The Bertz CT molecular complexity index is 519. The maximum Gasteiger partial charge on any atom is 0.174 e. The van der Waals surface area contributed by atoms with Crippen LogP contribution in [0.1, 0.15) is 18.7 Å². The number of thioether (sulfide) groups is 1. The summed E-state index contributed by atoms with van der Waals surface area (Å²) in [4.78, 5) is 4.52. The van der Waals surface area contributed by atoms with Gasteiger partial charge < -0.3 is 0 Å². The molecule has 0 saturated carbocycles. The van der Waals surface area contributed by atoms with E-state index in [0.717, 1.165) is 23.8 Å². The quantitative estimate of drug-likeness (QED) is 0.838. The Morgan fingerprint density at radius 3 is 3.24 bits per heavy atom. The Balaban J connectivity index is 1.83. The SMILES string of the molecule is Clc1cccn2nc(CC3CCCSC3)nc12. The molecule has 3 rings (SSSR count). The molecule has 2 aromatic rings. The van der Waals surface area contributed by atoms with Crippen LogP contribution in [0, 0.1) is 5.92 Å². The molecular weight excluding hydrogens is 254 g/mol. The van der Waals surface area contributed by atoms with Gasteiger partial charge in [-0.1, -0.05) is 11.6 Å². The molecule has 1 atom stereocenters. The number of rotatable bonds is 2. The molecule has 1 unspecified atom stereocenters. The first-order valence-corrected chi connectivity index (χ1v) is 7.44. The van der Waals surface area contributed by atoms with Crippen molar-refractivity contribution >= 4 is 29.0 Å². The lowest BCUT2D eigenvalue weighted by molar-refractivity contribution is 0.508. The second-order valence-corrected chi connectivity index (χ2v) is 6.00. The molecule has 0 N–H and O–H groups in total. The summed E-state index contributed by atoms with van der Waals surface area (Å²) < 4.78 is 1.77. The third kappa shape index (κ3) is 2.43. The van der Waals surface area contributed by atoms with E-state index in [-0.39, 0.29) is 0 Å². The van der Waals surface area contributed by atoms with Gasteiger partial charge in [0.15, 0.2) is 11.5 Å². The molecule has 90 valence electrons. The second kappa shape index (κ2) is 4.86. The first-order valence-electron chi connectivity index (χ1n) is 5.90. The Labute approximate surface area is 110 Å². The van der Waals surface area contributed by atoms with Gasteiger partial charge in [-0.15, -0.1) is 0 Å². The van der Waals surface area contributed by atoms with Crippen molar-refractivity contribution in [2.45, 2.75) is 19.3 Å². The number of pyridine rings is 1. The predicted octanol–water partition coefficient (Wildman–Crippen LogP) is 3.07. The van der Waals surface area contributed by atoms with Crippen molar-refractivity contribution in [1.29, 1.82) is 0 Å². The van der Waals surface area contributed by atoms with E-state index in [0.29, 0.717) is 5.02 Å². The topological polar surface area (TPSA) is 30.2 Å². The summed E-state index contributed by atoms with van der Waals surface area (Å²) in [7, 11) is 0. The highest BCUT2D eigenvalue weighted by Crippen LogP contribution is 2.25. The Morgan fingerprint density at radius 2 is 2.47 bits per heavy atom. The molecule has 17 heavy (non-hydrogen) atoms. The minimum atomic E-state index is 0.671. The third-order valence-corrected chi connectivity index (χ3v) is 4.66. The molecule has 2 aromatic heterocycles. The lowest BCUT2D eigenvalue weighted by Crippen LogP contribution is -2.13. The van der Waals surface area contributed by atoms with Crippen LogP contribution in [0.3, 0.4) is 0 Å². The molecule has 0 spiro atoms. The van der Waals surface area contributed by atoms with Crippen molar-refractivity contribution < 1.29 is 0 Å². The minimum absolute atomic E-state index is 0.671. The molecule has 3 heterocycles. The standard InChI is InChI=1S/C12H14ClN3S/c13-10-4-1-5-16-12(10)14-11(15-16)7-9-3-2-6-17-8-9/h1,4-5,9H,2-3,6-8H2. The molecule has 0 aliphatic carbocycles. The van der Waals surface area contributed by atoms with Crippen molar-refractivity contribution in [2.24, 2.45) is 5.92 Å². The highest BCUT2D eigenvalue weighted by Gasteiger charge is 2.17. The van der Waals surface area contributed by atoms with Crippen molar-refractivity contribution in [3.8, 4) is 0 Å². The van der Waals surface area contributed by atoms with Crippen LogP contribution in [0.25, 0.3) is 5.65 Å². The van der Waals surface area contributed by atoms with Crippen molar-refractivity contribution in [2.75, 3.05) is 11.5 Å². The van der Waals surface area contributed by atoms with E-state index in [9.17, 15) is 0 Å². The van der Waals surface area contributed by atoms with Crippen LogP contribution in [0.2, 0.25) is 5.02 Å². The number of aromatic nitrogens is 3. The first-order chi connectivity index (χ1) is 8.33. The second-order valence-electron chi connectivity index (χ2n) is 4.44. The zero-order chi connectivity index (χ0) is 11.7. The maximum absolute atomic E-state index is 6.09. The molecule has 0 bridgehead atoms. The van der Waals surface area contributed by atoms with E-state index >= 15 is 0 Å². The molecule has 0 aromatic carbocycles. The number of halogens is 1. The van der Waals surface area contributed by atoms with Gasteiger partial charge in [0.2, 0.25) is 0 Å². The van der Waals surface area contributed by atoms with E-state index in [4.69, 9.17) is 11.6 Å². The van der Waals surface area contributed by atoms with Gasteiger partial charge in [0, 0.05) is 12.6 Å². The molecule has 5 heteroatoms. The highest BCUT2D eigenvalue weighted by atomic mass is 35.5. The fourth-order valence-electron chi connectivity index (χ4n) is 2.23. The fraction of sp³-hybridized carbons (Fsp3) is 0.500. The van der Waals surface area contributed by atoms with Crippen LogP contribution in [-0.4, -0.2) is 26.1 Å². The normalized spacial score (nSPS) is 20.9. The van der Waals surface area contributed by atoms with E-state index in [1.807, 2.05) is 30.1 Å². The van der Waals surface area contributed by atoms with Crippen LogP contribution in [0.4, 0.5) is 0 Å². The summed E-state index contributed by atoms with van der Waals surface area (Å²) in [6.07, 6.45) is 5.50. The third-order valence-electron chi connectivity index (χ3n) is 3.08. The summed E-state index contributed by atoms with van der Waals surface area (Å²) in [5.41, 5.74) is 0.771. The van der Waals surface area contributed by atoms with E-state index < -0.39 is 0 Å². The fourth-order valence-corrected chi connectivity index (χ4v) is 3.59. The zero-order valence-corrected chi connectivity index (χ0v) is 11.0. The monoisotopic (exact) mass is 267 g/mol. The minimum Gasteiger partial charge on any atom is -0.219 e. The zero-order valence-electron chi connectivity index (χ0n) is 9.47. The van der Waals surface area contributed by atoms with Gasteiger partial charge in [-0.25, -0.2) is 9.50 Å². The molecule has 3 nitrogen and oxygen atoms in total. The van der Waals surface area contributed by atoms with Crippen LogP contribution in [0.5, 0.6) is 0 Å². The van der Waals surface area contributed by atoms with Crippen molar-refractivity contribution in [3.05, 3.63) is 29.2 Å². The molecule has 1 fully saturated rings. The average Bonchev–Trinajstić information content (AvgIpc) is 2.74. The Kier molecular flexibility index (Phi) is 3.25. The van der Waals surface area contributed by atoms with Crippen LogP contribution >= 0.6 is 23.4 Å². The van der Waals surface area contributed by atoms with Gasteiger partial charge in [-0.3, -0.25) is 0 Å². The lowest BCUT2D eigenvalue weighted by Gasteiger charge is -2.19. The first kappa shape index (κ1) is 11.4. The van der Waals surface area contributed by atoms with Crippen LogP contribution < -0.4 is 0 Å². The van der Waals surface area contributed by atoms with Gasteiger partial charge in [-0.05, 0) is 42.4 Å². The lowest BCUT2D eigenvalue weighted by atomic mass is 10.0. The van der Waals surface area contributed by atoms with Gasteiger partial charge in [0.1, 0.15) is 0 Å². The molecule has 1 saturated heterocycles. The Hall–Kier alpha value is -0.740. The van der Waals surface area contributed by atoms with Crippen molar-refractivity contribution in [1.82, 2.24) is 14.6 Å². The van der Waals surface area contributed by atoms with E-state index in [2.05, 4.69) is 10.1 Å². The number of fused-ring (bicyclic) bond motifs is 1. The molecule has 0 radical (unpaired) electrons. The number of hydrogen-bond acceptors (Lipinski definition) is 3. The van der Waals surface area contributed by atoms with Crippen LogP contribution in [0.15, 0.2) is 18.3 Å². The summed E-state index contributed by atoms with van der Waals surface area (Å²) in [6, 6.07) is 3.75. The molecule has 1 aliphatic heterocycles. The summed E-state index contributed by atoms with van der Waals surface area (Å²) in [6.45, 7) is 0.